The van der Waals surface area contributed by atoms with E-state index in [-0.39, 0.29) is 0 Å². The van der Waals surface area contributed by atoms with Crippen LogP contribution in [0, 0.1) is 6.92 Å². The SMILES string of the molecule is Cc1ccc2cc(-c3ccccc3N)sc2c1. The molecular formula is C15H13NS. The molecule has 84 valence electrons. The van der Waals surface area contributed by atoms with Crippen molar-refractivity contribution in [3.63, 3.8) is 0 Å². The Morgan fingerprint density at radius 1 is 1.00 bits per heavy atom. The van der Waals surface area contributed by atoms with Gasteiger partial charge in [0.15, 0.2) is 0 Å². The maximum Gasteiger partial charge on any atom is 0.0401 e. The number of para-hydroxylation sites is 1. The number of rotatable bonds is 1. The number of anilines is 1. The highest BCUT2D eigenvalue weighted by molar-refractivity contribution is 7.22. The molecule has 3 aromatic rings. The maximum atomic E-state index is 6.01. The van der Waals surface area contributed by atoms with Crippen LogP contribution in [-0.4, -0.2) is 0 Å². The molecule has 17 heavy (non-hydrogen) atoms. The number of nitrogens with two attached hydrogens (primary N) is 1. The number of fused-ring (bicyclic) bond motifs is 1. The molecule has 1 heterocycles. The van der Waals surface area contributed by atoms with E-state index >= 15 is 0 Å². The highest BCUT2D eigenvalue weighted by Crippen LogP contribution is 2.36. The fourth-order valence-corrected chi connectivity index (χ4v) is 3.20. The van der Waals surface area contributed by atoms with Gasteiger partial charge >= 0.3 is 0 Å². The van der Waals surface area contributed by atoms with E-state index in [1.807, 2.05) is 18.2 Å². The van der Waals surface area contributed by atoms with Crippen LogP contribution < -0.4 is 5.73 Å². The summed E-state index contributed by atoms with van der Waals surface area (Å²) in [5.41, 5.74) is 9.28. The summed E-state index contributed by atoms with van der Waals surface area (Å²) >= 11 is 1.80. The van der Waals surface area contributed by atoms with E-state index < -0.39 is 0 Å². The van der Waals surface area contributed by atoms with E-state index in [1.54, 1.807) is 11.3 Å². The van der Waals surface area contributed by atoms with Crippen molar-refractivity contribution in [3.8, 4) is 10.4 Å². The molecule has 0 aliphatic rings. The molecule has 3 rings (SSSR count). The fourth-order valence-electron chi connectivity index (χ4n) is 1.99. The van der Waals surface area contributed by atoms with Gasteiger partial charge in [0.2, 0.25) is 0 Å². The summed E-state index contributed by atoms with van der Waals surface area (Å²) in [5.74, 6) is 0. The normalized spacial score (nSPS) is 10.9. The van der Waals surface area contributed by atoms with Crippen molar-refractivity contribution in [1.82, 2.24) is 0 Å². The van der Waals surface area contributed by atoms with E-state index in [0.717, 1.165) is 11.3 Å². The van der Waals surface area contributed by atoms with Crippen molar-refractivity contribution in [2.75, 3.05) is 5.73 Å². The van der Waals surface area contributed by atoms with Crippen LogP contribution in [0.5, 0.6) is 0 Å². The van der Waals surface area contributed by atoms with Crippen molar-refractivity contribution in [1.29, 1.82) is 0 Å². The minimum Gasteiger partial charge on any atom is -0.398 e. The van der Waals surface area contributed by atoms with Crippen LogP contribution in [0.2, 0.25) is 0 Å². The van der Waals surface area contributed by atoms with Gasteiger partial charge in [-0.2, -0.15) is 0 Å². The average molecular weight is 239 g/mol. The quantitative estimate of drug-likeness (QED) is 0.623. The van der Waals surface area contributed by atoms with Crippen molar-refractivity contribution in [2.45, 2.75) is 6.92 Å². The summed E-state index contributed by atoms with van der Waals surface area (Å²) in [5, 5.41) is 1.29. The van der Waals surface area contributed by atoms with Crippen LogP contribution in [0.15, 0.2) is 48.5 Å². The Labute approximate surface area is 105 Å². The minimum absolute atomic E-state index is 0.843. The van der Waals surface area contributed by atoms with Gasteiger partial charge < -0.3 is 5.73 Å². The predicted octanol–water partition coefficient (Wildman–Crippen LogP) is 4.46. The number of benzene rings is 2. The molecule has 0 radical (unpaired) electrons. The first-order chi connectivity index (χ1) is 8.24. The van der Waals surface area contributed by atoms with Crippen LogP contribution in [0.4, 0.5) is 5.69 Å². The zero-order chi connectivity index (χ0) is 11.8. The summed E-state index contributed by atoms with van der Waals surface area (Å²) in [6.45, 7) is 2.12. The van der Waals surface area contributed by atoms with E-state index in [1.165, 1.54) is 20.5 Å². The lowest BCUT2D eigenvalue weighted by molar-refractivity contribution is 1.52. The molecule has 0 saturated carbocycles. The minimum atomic E-state index is 0.843. The molecule has 0 fully saturated rings. The fraction of sp³-hybridized carbons (Fsp3) is 0.0667. The molecule has 2 aromatic carbocycles. The molecule has 0 amide bonds. The van der Waals surface area contributed by atoms with Gasteiger partial charge in [-0.15, -0.1) is 11.3 Å². The lowest BCUT2D eigenvalue weighted by atomic mass is 10.1. The zero-order valence-corrected chi connectivity index (χ0v) is 10.4. The first-order valence-electron chi connectivity index (χ1n) is 5.59. The third-order valence-electron chi connectivity index (χ3n) is 2.90. The van der Waals surface area contributed by atoms with Crippen LogP contribution in [0.1, 0.15) is 5.56 Å². The third kappa shape index (κ3) is 1.81. The smallest absolute Gasteiger partial charge is 0.0401 e. The predicted molar refractivity (Wildman–Crippen MR) is 76.4 cm³/mol. The standard InChI is InChI=1S/C15H13NS/c1-10-6-7-11-9-15(17-14(11)8-10)12-4-2-3-5-13(12)16/h2-9H,16H2,1H3. The molecule has 0 spiro atoms. The number of aryl methyl sites for hydroxylation is 1. The number of nitrogen functional groups attached to an aromatic ring is 1. The molecule has 0 saturated heterocycles. The summed E-state index contributed by atoms with van der Waals surface area (Å²) < 4.78 is 1.32. The van der Waals surface area contributed by atoms with Crippen molar-refractivity contribution >= 4 is 27.1 Å². The van der Waals surface area contributed by atoms with Gasteiger partial charge in [-0.05, 0) is 36.1 Å². The van der Waals surface area contributed by atoms with Crippen LogP contribution >= 0.6 is 11.3 Å². The molecule has 2 heteroatoms. The van der Waals surface area contributed by atoms with Gasteiger partial charge in [0.05, 0.1) is 0 Å². The highest BCUT2D eigenvalue weighted by atomic mass is 32.1. The van der Waals surface area contributed by atoms with Gasteiger partial charge in [-0.25, -0.2) is 0 Å². The molecule has 0 bridgehead atoms. The summed E-state index contributed by atoms with van der Waals surface area (Å²) in [6.07, 6.45) is 0. The third-order valence-corrected chi connectivity index (χ3v) is 4.03. The first kappa shape index (κ1) is 10.4. The van der Waals surface area contributed by atoms with Gasteiger partial charge in [-0.1, -0.05) is 30.3 Å². The number of thiophene rings is 1. The highest BCUT2D eigenvalue weighted by Gasteiger charge is 2.06. The van der Waals surface area contributed by atoms with Crippen LogP contribution in [0.25, 0.3) is 20.5 Å². The van der Waals surface area contributed by atoms with Crippen molar-refractivity contribution < 1.29 is 0 Å². The van der Waals surface area contributed by atoms with Gasteiger partial charge in [0, 0.05) is 20.8 Å². The zero-order valence-electron chi connectivity index (χ0n) is 9.60. The molecule has 0 aliphatic carbocycles. The van der Waals surface area contributed by atoms with Crippen molar-refractivity contribution in [3.05, 3.63) is 54.1 Å². The van der Waals surface area contributed by atoms with E-state index in [2.05, 4.69) is 37.3 Å². The lowest BCUT2D eigenvalue weighted by Crippen LogP contribution is -1.86. The number of hydrogen-bond acceptors (Lipinski definition) is 2. The average Bonchev–Trinajstić information content (AvgIpc) is 2.72. The Morgan fingerprint density at radius 3 is 2.65 bits per heavy atom. The van der Waals surface area contributed by atoms with Gasteiger partial charge in [0.25, 0.3) is 0 Å². The second-order valence-corrected chi connectivity index (χ2v) is 5.32. The second-order valence-electron chi connectivity index (χ2n) is 4.24. The summed E-state index contributed by atoms with van der Waals surface area (Å²) in [4.78, 5) is 1.24. The maximum absolute atomic E-state index is 6.01. The summed E-state index contributed by atoms with van der Waals surface area (Å²) in [7, 11) is 0. The first-order valence-corrected chi connectivity index (χ1v) is 6.41. The Bertz CT molecular complexity index is 682. The Hall–Kier alpha value is -1.80. The lowest BCUT2D eigenvalue weighted by Gasteiger charge is -2.00. The van der Waals surface area contributed by atoms with Crippen LogP contribution in [-0.2, 0) is 0 Å². The van der Waals surface area contributed by atoms with Gasteiger partial charge in [-0.3, -0.25) is 0 Å². The number of hydrogen-bond donors (Lipinski definition) is 1. The molecule has 0 aliphatic heterocycles. The van der Waals surface area contributed by atoms with Gasteiger partial charge in [0.1, 0.15) is 0 Å². The summed E-state index contributed by atoms with van der Waals surface area (Å²) in [6, 6.07) is 16.8. The molecule has 0 atom stereocenters. The Balaban J connectivity index is 2.22. The largest absolute Gasteiger partial charge is 0.398 e. The molecule has 0 unspecified atom stereocenters. The van der Waals surface area contributed by atoms with E-state index in [9.17, 15) is 0 Å². The van der Waals surface area contributed by atoms with Crippen LogP contribution in [0.3, 0.4) is 0 Å². The Morgan fingerprint density at radius 2 is 1.82 bits per heavy atom. The molecule has 2 N–H and O–H groups in total. The Kier molecular flexibility index (Phi) is 2.37. The second kappa shape index (κ2) is 3.90. The van der Waals surface area contributed by atoms with E-state index in [0.29, 0.717) is 0 Å². The molecule has 1 nitrogen and oxygen atoms in total. The molecule has 1 aromatic heterocycles. The molecular weight excluding hydrogens is 226 g/mol. The topological polar surface area (TPSA) is 26.0 Å². The van der Waals surface area contributed by atoms with Crippen molar-refractivity contribution in [2.24, 2.45) is 0 Å². The monoisotopic (exact) mass is 239 g/mol. The van der Waals surface area contributed by atoms with E-state index in [4.69, 9.17) is 5.73 Å².